The van der Waals surface area contributed by atoms with Crippen LogP contribution in [-0.2, 0) is 15.9 Å². The number of rotatable bonds is 7. The topological polar surface area (TPSA) is 44.1 Å². The molecule has 0 saturated carbocycles. The monoisotopic (exact) mass is 222 g/mol. The lowest BCUT2D eigenvalue weighted by Gasteiger charge is -2.19. The molecule has 0 spiro atoms. The fourth-order valence-electron chi connectivity index (χ4n) is 1.98. The van der Waals surface area contributed by atoms with E-state index in [0.717, 1.165) is 39.3 Å². The molecule has 0 aromatic carbocycles. The van der Waals surface area contributed by atoms with Crippen LogP contribution in [0.3, 0.4) is 0 Å². The molecule has 0 aliphatic carbocycles. The molecule has 2 saturated heterocycles. The van der Waals surface area contributed by atoms with E-state index in [9.17, 15) is 0 Å². The van der Waals surface area contributed by atoms with Crippen molar-refractivity contribution in [3.8, 4) is 0 Å². The van der Waals surface area contributed by atoms with E-state index >= 15 is 0 Å². The summed E-state index contributed by atoms with van der Waals surface area (Å²) in [4.78, 5) is 5.55. The third kappa shape index (κ3) is 3.07. The highest BCUT2D eigenvalue weighted by Gasteiger charge is 2.30. The largest absolute Gasteiger partial charge is 0.372 e. The Morgan fingerprint density at radius 3 is 2.44 bits per heavy atom. The normalized spacial score (nSPS) is 27.3. The molecule has 1 aromatic heterocycles. The second-order valence-corrected chi connectivity index (χ2v) is 4.64. The van der Waals surface area contributed by atoms with Crippen molar-refractivity contribution in [3.63, 3.8) is 0 Å². The Morgan fingerprint density at radius 1 is 1.25 bits per heavy atom. The predicted molar refractivity (Wildman–Crippen MR) is 60.4 cm³/mol. The minimum absolute atomic E-state index is 0.477. The van der Waals surface area contributed by atoms with Gasteiger partial charge in [-0.2, -0.15) is 0 Å². The Balaban J connectivity index is 1.46. The van der Waals surface area contributed by atoms with Gasteiger partial charge in [-0.1, -0.05) is 0 Å². The van der Waals surface area contributed by atoms with Gasteiger partial charge in [-0.05, 0) is 18.1 Å². The Hall–Kier alpha value is -0.840. The number of aromatic nitrogens is 1. The summed E-state index contributed by atoms with van der Waals surface area (Å²) < 4.78 is 10.6. The molecule has 4 nitrogen and oxygen atoms in total. The minimum Gasteiger partial charge on any atom is -0.372 e. The molecular formula is C12H18N2O2. The van der Waals surface area contributed by atoms with Crippen molar-refractivity contribution >= 4 is 0 Å². The molecule has 16 heavy (non-hydrogen) atoms. The molecule has 0 radical (unpaired) electrons. The summed E-state index contributed by atoms with van der Waals surface area (Å²) in [5.74, 6) is 0. The predicted octanol–water partition coefficient (Wildman–Crippen LogP) is 0.657. The molecule has 2 atom stereocenters. The van der Waals surface area contributed by atoms with Gasteiger partial charge in [0, 0.05) is 32.0 Å². The molecule has 0 amide bonds. The summed E-state index contributed by atoms with van der Waals surface area (Å²) >= 11 is 0. The van der Waals surface area contributed by atoms with Gasteiger partial charge in [-0.15, -0.1) is 0 Å². The van der Waals surface area contributed by atoms with E-state index in [1.165, 1.54) is 5.56 Å². The fraction of sp³-hybridized carbons (Fsp3) is 0.667. The zero-order valence-electron chi connectivity index (χ0n) is 9.39. The van der Waals surface area contributed by atoms with E-state index in [1.807, 2.05) is 6.20 Å². The molecule has 2 fully saturated rings. The van der Waals surface area contributed by atoms with Gasteiger partial charge in [0.25, 0.3) is 0 Å². The standard InChI is InChI=1S/C12H18N2O2/c1-3-13-5-10(1)2-4-14(6-11-8-15-11)7-12-9-16-12/h1,3,5,11-13H,2,4,6-9H2. The van der Waals surface area contributed by atoms with Crippen LogP contribution in [-0.4, -0.2) is 54.9 Å². The molecule has 3 rings (SSSR count). The summed E-state index contributed by atoms with van der Waals surface area (Å²) in [6.45, 7) is 5.09. The number of nitrogens with zero attached hydrogens (tertiary/aromatic N) is 1. The van der Waals surface area contributed by atoms with E-state index in [4.69, 9.17) is 9.47 Å². The third-order valence-corrected chi connectivity index (χ3v) is 3.11. The van der Waals surface area contributed by atoms with E-state index in [-0.39, 0.29) is 0 Å². The summed E-state index contributed by atoms with van der Waals surface area (Å²) in [5.41, 5.74) is 1.37. The maximum Gasteiger partial charge on any atom is 0.0936 e. The SMILES string of the molecule is c1cc(CCN(CC2CO2)CC2CO2)c[nH]1. The molecule has 0 bridgehead atoms. The number of hydrogen-bond acceptors (Lipinski definition) is 3. The average Bonchev–Trinajstić information content (AvgIpc) is 3.20. The molecule has 2 aliphatic rings. The highest BCUT2D eigenvalue weighted by atomic mass is 16.6. The zero-order valence-corrected chi connectivity index (χ0v) is 9.39. The number of nitrogens with one attached hydrogen (secondary N) is 1. The number of aromatic amines is 1. The minimum atomic E-state index is 0.477. The van der Waals surface area contributed by atoms with Crippen LogP contribution in [0.4, 0.5) is 0 Å². The number of H-pyrrole nitrogens is 1. The maximum absolute atomic E-state index is 5.29. The first-order valence-corrected chi connectivity index (χ1v) is 5.97. The summed E-state index contributed by atoms with van der Waals surface area (Å²) in [6.07, 6.45) is 6.10. The number of epoxide rings is 2. The van der Waals surface area contributed by atoms with Crippen molar-refractivity contribution in [2.24, 2.45) is 0 Å². The van der Waals surface area contributed by atoms with Crippen LogP contribution >= 0.6 is 0 Å². The lowest BCUT2D eigenvalue weighted by Crippen LogP contribution is -2.33. The Kier molecular flexibility index (Phi) is 2.95. The van der Waals surface area contributed by atoms with Crippen molar-refractivity contribution in [1.29, 1.82) is 0 Å². The quantitative estimate of drug-likeness (QED) is 0.689. The molecule has 2 aliphatic heterocycles. The van der Waals surface area contributed by atoms with Crippen LogP contribution < -0.4 is 0 Å². The molecule has 1 N–H and O–H groups in total. The van der Waals surface area contributed by atoms with Crippen LogP contribution in [0.5, 0.6) is 0 Å². The summed E-state index contributed by atoms with van der Waals surface area (Å²) in [7, 11) is 0. The van der Waals surface area contributed by atoms with Crippen LogP contribution in [0.15, 0.2) is 18.5 Å². The molecule has 1 aromatic rings. The third-order valence-electron chi connectivity index (χ3n) is 3.11. The Labute approximate surface area is 95.5 Å². The van der Waals surface area contributed by atoms with Crippen LogP contribution in [0, 0.1) is 0 Å². The van der Waals surface area contributed by atoms with Gasteiger partial charge in [0.2, 0.25) is 0 Å². The lowest BCUT2D eigenvalue weighted by molar-refractivity contribution is 0.221. The molecule has 4 heteroatoms. The second kappa shape index (κ2) is 4.57. The number of hydrogen-bond donors (Lipinski definition) is 1. The van der Waals surface area contributed by atoms with Crippen molar-refractivity contribution in [2.45, 2.75) is 18.6 Å². The summed E-state index contributed by atoms with van der Waals surface area (Å²) in [5, 5.41) is 0. The van der Waals surface area contributed by atoms with Gasteiger partial charge >= 0.3 is 0 Å². The van der Waals surface area contributed by atoms with E-state index in [1.54, 1.807) is 0 Å². The van der Waals surface area contributed by atoms with E-state index < -0.39 is 0 Å². The van der Waals surface area contributed by atoms with Gasteiger partial charge in [-0.3, -0.25) is 4.90 Å². The van der Waals surface area contributed by atoms with Gasteiger partial charge in [0.05, 0.1) is 25.4 Å². The first-order chi connectivity index (χ1) is 7.90. The van der Waals surface area contributed by atoms with Gasteiger partial charge in [-0.25, -0.2) is 0 Å². The van der Waals surface area contributed by atoms with Gasteiger partial charge in [0.1, 0.15) is 0 Å². The Morgan fingerprint density at radius 2 is 1.94 bits per heavy atom. The van der Waals surface area contributed by atoms with Crippen molar-refractivity contribution in [2.75, 3.05) is 32.8 Å². The lowest BCUT2D eigenvalue weighted by atomic mass is 10.2. The summed E-state index contributed by atoms with van der Waals surface area (Å²) in [6, 6.07) is 2.14. The zero-order chi connectivity index (χ0) is 10.8. The van der Waals surface area contributed by atoms with E-state index in [0.29, 0.717) is 12.2 Å². The highest BCUT2D eigenvalue weighted by Crippen LogP contribution is 2.16. The molecule has 3 heterocycles. The second-order valence-electron chi connectivity index (χ2n) is 4.64. The smallest absolute Gasteiger partial charge is 0.0936 e. The van der Waals surface area contributed by atoms with Gasteiger partial charge in [0.15, 0.2) is 0 Å². The Bertz CT molecular complexity index is 304. The molecular weight excluding hydrogens is 204 g/mol. The number of ether oxygens (including phenoxy) is 2. The van der Waals surface area contributed by atoms with Crippen LogP contribution in [0.1, 0.15) is 5.56 Å². The van der Waals surface area contributed by atoms with Gasteiger partial charge < -0.3 is 14.5 Å². The van der Waals surface area contributed by atoms with Crippen molar-refractivity contribution in [1.82, 2.24) is 9.88 Å². The highest BCUT2D eigenvalue weighted by molar-refractivity contribution is 5.08. The van der Waals surface area contributed by atoms with Crippen molar-refractivity contribution < 1.29 is 9.47 Å². The fourth-order valence-corrected chi connectivity index (χ4v) is 1.98. The van der Waals surface area contributed by atoms with Crippen LogP contribution in [0.25, 0.3) is 0 Å². The first kappa shape index (κ1) is 10.3. The van der Waals surface area contributed by atoms with Crippen molar-refractivity contribution in [3.05, 3.63) is 24.0 Å². The molecule has 2 unspecified atom stereocenters. The first-order valence-electron chi connectivity index (χ1n) is 5.97. The maximum atomic E-state index is 5.29. The average molecular weight is 222 g/mol. The van der Waals surface area contributed by atoms with Crippen LogP contribution in [0.2, 0.25) is 0 Å². The molecule has 88 valence electrons. The van der Waals surface area contributed by atoms with E-state index in [2.05, 4.69) is 22.1 Å².